The van der Waals surface area contributed by atoms with E-state index in [1.165, 1.54) is 0 Å². The van der Waals surface area contributed by atoms with Crippen LogP contribution in [0.25, 0.3) is 5.69 Å². The molecule has 11 nitrogen and oxygen atoms in total. The van der Waals surface area contributed by atoms with Crippen LogP contribution in [0.5, 0.6) is 5.75 Å². The van der Waals surface area contributed by atoms with Crippen LogP contribution in [0, 0.1) is 0 Å². The Morgan fingerprint density at radius 2 is 1.54 bits per heavy atom. The molecule has 50 heavy (non-hydrogen) atoms. The van der Waals surface area contributed by atoms with E-state index in [1.807, 2.05) is 56.3 Å². The highest BCUT2D eigenvalue weighted by atomic mass is 35.5. The van der Waals surface area contributed by atoms with Crippen LogP contribution in [0.3, 0.4) is 0 Å². The third kappa shape index (κ3) is 7.36. The standard InChI is InChI=1S/C37H39Cl2N7O4/c1-3-26(2)46-36(47)45(25-42-46)33-6-4-31(5-7-33)43-14-16-44(17-15-43)32-8-10-34(11-9-32)48-23-35-24-49-37(50-35,21-27-12-13-40-41-22-27)28-18-29(38)20-30(39)19-28/h4-13,18-20,22,25-26,35H,3,14-17,21,23-24H2,1-2H3/t26?,35-,37+/m1/s1. The zero-order chi connectivity index (χ0) is 34.7. The monoisotopic (exact) mass is 715 g/mol. The molecule has 0 spiro atoms. The average molecular weight is 717 g/mol. The number of nitrogens with zero attached hydrogens (tertiary/aromatic N) is 7. The molecule has 7 rings (SSSR count). The average Bonchev–Trinajstić information content (AvgIpc) is 3.74. The summed E-state index contributed by atoms with van der Waals surface area (Å²) in [6, 6.07) is 23.6. The highest BCUT2D eigenvalue weighted by molar-refractivity contribution is 6.34. The second kappa shape index (κ2) is 14.8. The number of ether oxygens (including phenoxy) is 3. The topological polar surface area (TPSA) is 99.8 Å². The number of hydrogen-bond acceptors (Lipinski definition) is 9. The Bertz CT molecular complexity index is 1930. The minimum atomic E-state index is -1.09. The Morgan fingerprint density at radius 3 is 2.16 bits per heavy atom. The number of halogens is 2. The van der Waals surface area contributed by atoms with Gasteiger partial charge in [-0.05, 0) is 91.7 Å². The molecule has 0 N–H and O–H groups in total. The van der Waals surface area contributed by atoms with E-state index in [4.69, 9.17) is 37.4 Å². The summed E-state index contributed by atoms with van der Waals surface area (Å²) in [6.07, 6.45) is 5.88. The highest BCUT2D eigenvalue weighted by Gasteiger charge is 2.44. The lowest BCUT2D eigenvalue weighted by atomic mass is 9.98. The van der Waals surface area contributed by atoms with Gasteiger partial charge in [-0.2, -0.15) is 15.3 Å². The fourth-order valence-electron chi connectivity index (χ4n) is 6.42. The number of aromatic nitrogens is 5. The fourth-order valence-corrected chi connectivity index (χ4v) is 6.94. The molecule has 0 bridgehead atoms. The molecule has 2 aliphatic rings. The first-order valence-corrected chi connectivity index (χ1v) is 17.6. The van der Waals surface area contributed by atoms with Crippen molar-refractivity contribution in [3.05, 3.63) is 123 Å². The Labute approximate surface area is 300 Å². The summed E-state index contributed by atoms with van der Waals surface area (Å²) in [5.74, 6) is -0.331. The predicted octanol–water partition coefficient (Wildman–Crippen LogP) is 6.32. The SMILES string of the molecule is CCC(C)n1ncn(-c2ccc(N3CCN(c4ccc(OC[C@@H]5CO[C@](Cc6ccnnc6)(c6cc(Cl)cc(Cl)c6)O5)cc4)CC3)cc2)c1=O. The molecule has 0 radical (unpaired) electrons. The molecule has 5 aromatic rings. The Kier molecular flexibility index (Phi) is 10.1. The molecule has 0 aliphatic carbocycles. The van der Waals surface area contributed by atoms with Crippen LogP contribution in [0.2, 0.25) is 10.0 Å². The number of piperazine rings is 1. The van der Waals surface area contributed by atoms with Crippen LogP contribution < -0.4 is 20.2 Å². The van der Waals surface area contributed by atoms with Crippen molar-refractivity contribution in [3.63, 3.8) is 0 Å². The molecule has 2 aromatic heterocycles. The van der Waals surface area contributed by atoms with Gasteiger partial charge in [-0.25, -0.2) is 14.0 Å². The first kappa shape index (κ1) is 34.0. The molecule has 260 valence electrons. The molecular weight excluding hydrogens is 677 g/mol. The van der Waals surface area contributed by atoms with Gasteiger partial charge in [0.05, 0.1) is 24.5 Å². The maximum absolute atomic E-state index is 12.8. The molecule has 3 aromatic carbocycles. The van der Waals surface area contributed by atoms with Crippen molar-refractivity contribution in [1.82, 2.24) is 24.5 Å². The molecule has 2 aliphatic heterocycles. The van der Waals surface area contributed by atoms with Crippen molar-refractivity contribution in [2.45, 2.75) is 44.6 Å². The van der Waals surface area contributed by atoms with E-state index in [2.05, 4.69) is 49.4 Å². The van der Waals surface area contributed by atoms with Gasteiger partial charge in [0.25, 0.3) is 0 Å². The van der Waals surface area contributed by atoms with Gasteiger partial charge in [-0.1, -0.05) is 30.1 Å². The van der Waals surface area contributed by atoms with Crippen LogP contribution in [-0.4, -0.2) is 70.0 Å². The van der Waals surface area contributed by atoms with Gasteiger partial charge in [0, 0.05) is 65.8 Å². The molecule has 2 saturated heterocycles. The van der Waals surface area contributed by atoms with Gasteiger partial charge in [0.2, 0.25) is 0 Å². The van der Waals surface area contributed by atoms with E-state index in [-0.39, 0.29) is 17.8 Å². The second-order valence-electron chi connectivity index (χ2n) is 12.7. The molecule has 2 fully saturated rings. The van der Waals surface area contributed by atoms with Crippen LogP contribution >= 0.6 is 23.2 Å². The van der Waals surface area contributed by atoms with Gasteiger partial charge in [-0.15, -0.1) is 0 Å². The number of benzene rings is 3. The van der Waals surface area contributed by atoms with Crippen molar-refractivity contribution in [2.75, 3.05) is 49.2 Å². The highest BCUT2D eigenvalue weighted by Crippen LogP contribution is 2.40. The summed E-state index contributed by atoms with van der Waals surface area (Å²) in [5, 5.41) is 13.2. The summed E-state index contributed by atoms with van der Waals surface area (Å²) in [4.78, 5) is 17.6. The Hall–Kier alpha value is -4.42. The molecule has 1 unspecified atom stereocenters. The van der Waals surface area contributed by atoms with E-state index in [1.54, 1.807) is 34.0 Å². The molecule has 0 saturated carbocycles. The number of anilines is 2. The third-order valence-corrected chi connectivity index (χ3v) is 9.79. The van der Waals surface area contributed by atoms with Crippen molar-refractivity contribution >= 4 is 34.6 Å². The predicted molar refractivity (Wildman–Crippen MR) is 194 cm³/mol. The van der Waals surface area contributed by atoms with Gasteiger partial charge in [-0.3, -0.25) is 0 Å². The Balaban J connectivity index is 0.930. The van der Waals surface area contributed by atoms with Crippen molar-refractivity contribution in [1.29, 1.82) is 0 Å². The van der Waals surface area contributed by atoms with Gasteiger partial charge < -0.3 is 24.0 Å². The zero-order valence-electron chi connectivity index (χ0n) is 28.0. The number of rotatable bonds is 11. The lowest BCUT2D eigenvalue weighted by Gasteiger charge is -2.37. The quantitative estimate of drug-likeness (QED) is 0.156. The molecule has 0 amide bonds. The van der Waals surface area contributed by atoms with E-state index in [0.717, 1.165) is 66.5 Å². The van der Waals surface area contributed by atoms with E-state index in [9.17, 15) is 4.79 Å². The van der Waals surface area contributed by atoms with Crippen LogP contribution in [0.1, 0.15) is 37.4 Å². The zero-order valence-corrected chi connectivity index (χ0v) is 29.5. The van der Waals surface area contributed by atoms with Crippen LogP contribution in [0.4, 0.5) is 11.4 Å². The summed E-state index contributed by atoms with van der Waals surface area (Å²) in [5.41, 5.74) is 4.62. The first-order valence-electron chi connectivity index (χ1n) is 16.8. The lowest BCUT2D eigenvalue weighted by molar-refractivity contribution is -0.178. The molecule has 3 atom stereocenters. The minimum absolute atomic E-state index is 0.0644. The minimum Gasteiger partial charge on any atom is -0.491 e. The maximum Gasteiger partial charge on any atom is 0.350 e. The maximum atomic E-state index is 12.8. The molecule has 4 heterocycles. The summed E-state index contributed by atoms with van der Waals surface area (Å²) < 4.78 is 22.2. The fraction of sp³-hybridized carbons (Fsp3) is 0.351. The largest absolute Gasteiger partial charge is 0.491 e. The van der Waals surface area contributed by atoms with Crippen molar-refractivity contribution in [2.24, 2.45) is 0 Å². The molecule has 13 heteroatoms. The van der Waals surface area contributed by atoms with E-state index in [0.29, 0.717) is 29.7 Å². The number of hydrogen-bond donors (Lipinski definition) is 0. The molecular formula is C37H39Cl2N7O4. The van der Waals surface area contributed by atoms with E-state index >= 15 is 0 Å². The van der Waals surface area contributed by atoms with E-state index < -0.39 is 5.79 Å². The van der Waals surface area contributed by atoms with Crippen LogP contribution in [0.15, 0.2) is 96.3 Å². The second-order valence-corrected chi connectivity index (χ2v) is 13.5. The normalized spacial score (nSPS) is 19.9. The lowest BCUT2D eigenvalue weighted by Crippen LogP contribution is -2.46. The third-order valence-electron chi connectivity index (χ3n) is 9.36. The van der Waals surface area contributed by atoms with Gasteiger partial charge in [0.15, 0.2) is 5.79 Å². The summed E-state index contributed by atoms with van der Waals surface area (Å²) in [6.45, 7) is 8.26. The van der Waals surface area contributed by atoms with Crippen molar-refractivity contribution < 1.29 is 14.2 Å². The van der Waals surface area contributed by atoms with Gasteiger partial charge in [0.1, 0.15) is 24.8 Å². The summed E-state index contributed by atoms with van der Waals surface area (Å²) in [7, 11) is 0. The first-order chi connectivity index (χ1) is 24.3. The Morgan fingerprint density at radius 1 is 0.900 bits per heavy atom. The van der Waals surface area contributed by atoms with Crippen molar-refractivity contribution in [3.8, 4) is 11.4 Å². The summed E-state index contributed by atoms with van der Waals surface area (Å²) >= 11 is 12.7. The van der Waals surface area contributed by atoms with Crippen LogP contribution in [-0.2, 0) is 21.7 Å². The van der Waals surface area contributed by atoms with Gasteiger partial charge >= 0.3 is 5.69 Å². The smallest absolute Gasteiger partial charge is 0.350 e.